The third kappa shape index (κ3) is 3.23. The lowest BCUT2D eigenvalue weighted by Gasteiger charge is -2.26. The Morgan fingerprint density at radius 1 is 1.25 bits per heavy atom. The monoisotopic (exact) mass is 342 g/mol. The van der Waals surface area contributed by atoms with Gasteiger partial charge in [-0.15, -0.1) is 5.10 Å². The average Bonchev–Trinajstić information content (AvgIpc) is 2.54. The number of aryl methyl sites for hydroxylation is 2. The van der Waals surface area contributed by atoms with Gasteiger partial charge in [0.2, 0.25) is 5.96 Å². The molecule has 1 unspecified atom stereocenters. The summed E-state index contributed by atoms with van der Waals surface area (Å²) in [5.74, 6) is 0.0911. The van der Waals surface area contributed by atoms with Crippen LogP contribution < -0.4 is 11.5 Å². The molecule has 124 valence electrons. The Morgan fingerprint density at radius 2 is 2.04 bits per heavy atom. The van der Waals surface area contributed by atoms with E-state index in [9.17, 15) is 0 Å². The summed E-state index contributed by atoms with van der Waals surface area (Å²) in [4.78, 5) is 0. The number of guanidine groups is 1. The van der Waals surface area contributed by atoms with E-state index in [0.717, 1.165) is 39.5 Å². The molecule has 0 aliphatic heterocycles. The summed E-state index contributed by atoms with van der Waals surface area (Å²) in [6.07, 6.45) is 3.18. The minimum atomic E-state index is -0.0700. The Kier molecular flexibility index (Phi) is 4.49. The summed E-state index contributed by atoms with van der Waals surface area (Å²) in [7, 11) is 0. The van der Waals surface area contributed by atoms with Crippen molar-refractivity contribution < 1.29 is 0 Å². The normalized spacial score (nSPS) is 18.3. The van der Waals surface area contributed by atoms with Gasteiger partial charge >= 0.3 is 0 Å². The number of rotatable bonds is 2. The molecule has 1 aliphatic rings. The Bertz CT molecular complexity index is 839. The number of halogens is 1. The van der Waals surface area contributed by atoms with Crippen LogP contribution >= 0.6 is 11.6 Å². The summed E-state index contributed by atoms with van der Waals surface area (Å²) in [5, 5.41) is 17.2. The van der Waals surface area contributed by atoms with Crippen LogP contribution in [0.3, 0.4) is 0 Å². The van der Waals surface area contributed by atoms with Crippen LogP contribution in [-0.2, 0) is 6.42 Å². The van der Waals surface area contributed by atoms with Crippen molar-refractivity contribution in [3.05, 3.63) is 57.4 Å². The molecule has 1 heterocycles. The van der Waals surface area contributed by atoms with Crippen LogP contribution in [0.1, 0.15) is 40.3 Å². The van der Waals surface area contributed by atoms with Crippen molar-refractivity contribution in [2.75, 3.05) is 0 Å². The van der Waals surface area contributed by atoms with Gasteiger partial charge in [-0.1, -0.05) is 29.3 Å². The third-order valence-corrected chi connectivity index (χ3v) is 4.50. The average molecular weight is 343 g/mol. The van der Waals surface area contributed by atoms with E-state index >= 15 is 0 Å². The first kappa shape index (κ1) is 16.4. The lowest BCUT2D eigenvalue weighted by molar-refractivity contribution is 0.665. The van der Waals surface area contributed by atoms with Gasteiger partial charge in [-0.05, 0) is 49.8 Å². The molecule has 0 saturated heterocycles. The maximum Gasteiger partial charge on any atom is 0.211 e. The van der Waals surface area contributed by atoms with Gasteiger partial charge in [-0.3, -0.25) is 0 Å². The Balaban J connectivity index is 2.10. The molecule has 0 radical (unpaired) electrons. The SMILES string of the molecule is Cc1ccc(Cl)c(C2CC(=NN=C(N)N)c3c(C)cnnc3C2)c1. The van der Waals surface area contributed by atoms with Gasteiger partial charge in [-0.25, -0.2) is 0 Å². The molecular formula is C17H19ClN6. The highest BCUT2D eigenvalue weighted by molar-refractivity contribution is 6.31. The van der Waals surface area contributed by atoms with Gasteiger partial charge < -0.3 is 11.5 Å². The molecule has 0 amide bonds. The predicted octanol–water partition coefficient (Wildman–Crippen LogP) is 2.45. The van der Waals surface area contributed by atoms with E-state index in [4.69, 9.17) is 23.1 Å². The van der Waals surface area contributed by atoms with Crippen molar-refractivity contribution in [1.82, 2.24) is 10.2 Å². The Hall–Kier alpha value is -2.47. The first-order chi connectivity index (χ1) is 11.5. The first-order valence-electron chi connectivity index (χ1n) is 7.68. The van der Waals surface area contributed by atoms with E-state index in [-0.39, 0.29) is 11.9 Å². The molecule has 0 saturated carbocycles. The maximum atomic E-state index is 6.42. The molecule has 3 rings (SSSR count). The molecule has 1 aliphatic carbocycles. The fraction of sp³-hybridized carbons (Fsp3) is 0.294. The van der Waals surface area contributed by atoms with Crippen LogP contribution in [0.25, 0.3) is 0 Å². The highest BCUT2D eigenvalue weighted by atomic mass is 35.5. The van der Waals surface area contributed by atoms with Gasteiger partial charge in [0, 0.05) is 10.6 Å². The molecule has 1 atom stereocenters. The fourth-order valence-corrected chi connectivity index (χ4v) is 3.38. The van der Waals surface area contributed by atoms with Crippen molar-refractivity contribution in [2.45, 2.75) is 32.6 Å². The van der Waals surface area contributed by atoms with Gasteiger partial charge in [0.15, 0.2) is 0 Å². The second kappa shape index (κ2) is 6.57. The van der Waals surface area contributed by atoms with Crippen LogP contribution in [0, 0.1) is 13.8 Å². The van der Waals surface area contributed by atoms with Crippen LogP contribution in [-0.4, -0.2) is 21.9 Å². The lowest BCUT2D eigenvalue weighted by Crippen LogP contribution is -2.24. The Morgan fingerprint density at radius 3 is 2.79 bits per heavy atom. The predicted molar refractivity (Wildman–Crippen MR) is 96.4 cm³/mol. The zero-order valence-corrected chi connectivity index (χ0v) is 14.4. The first-order valence-corrected chi connectivity index (χ1v) is 8.06. The molecule has 0 fully saturated rings. The largest absolute Gasteiger partial charge is 0.369 e. The molecule has 1 aromatic carbocycles. The van der Waals surface area contributed by atoms with Crippen LogP contribution in [0.15, 0.2) is 34.6 Å². The number of fused-ring (bicyclic) bond motifs is 1. The zero-order valence-electron chi connectivity index (χ0n) is 13.6. The van der Waals surface area contributed by atoms with E-state index in [0.29, 0.717) is 6.42 Å². The molecule has 1 aromatic heterocycles. The molecule has 4 N–H and O–H groups in total. The topological polar surface area (TPSA) is 103 Å². The van der Waals surface area contributed by atoms with Crippen molar-refractivity contribution in [3.63, 3.8) is 0 Å². The van der Waals surface area contributed by atoms with Crippen molar-refractivity contribution >= 4 is 23.3 Å². The number of benzene rings is 1. The standard InChI is InChI=1S/C17H19ClN6/c1-9-3-4-13(18)12(5-9)11-6-14-16(10(2)8-21-22-14)15(7-11)23-24-17(19)20/h3-5,8,11H,6-7H2,1-2H3,(H4,19,20,24). The van der Waals surface area contributed by atoms with Gasteiger partial charge in [0.1, 0.15) is 0 Å². The quantitative estimate of drug-likeness (QED) is 0.497. The van der Waals surface area contributed by atoms with E-state index in [1.807, 2.05) is 19.1 Å². The Labute approximate surface area is 145 Å². The molecular weight excluding hydrogens is 324 g/mol. The van der Waals surface area contributed by atoms with E-state index in [2.05, 4.69) is 33.4 Å². The second-order valence-corrected chi connectivity index (χ2v) is 6.46. The van der Waals surface area contributed by atoms with Crippen LogP contribution in [0.2, 0.25) is 5.02 Å². The zero-order chi connectivity index (χ0) is 17.3. The van der Waals surface area contributed by atoms with Crippen LogP contribution in [0.5, 0.6) is 0 Å². The highest BCUT2D eigenvalue weighted by Gasteiger charge is 2.29. The number of hydrogen-bond acceptors (Lipinski definition) is 4. The molecule has 24 heavy (non-hydrogen) atoms. The summed E-state index contributed by atoms with van der Waals surface area (Å²) < 4.78 is 0. The molecule has 0 spiro atoms. The molecule has 6 nitrogen and oxygen atoms in total. The summed E-state index contributed by atoms with van der Waals surface area (Å²) in [6, 6.07) is 6.04. The van der Waals surface area contributed by atoms with Crippen molar-refractivity contribution in [1.29, 1.82) is 0 Å². The van der Waals surface area contributed by atoms with Crippen molar-refractivity contribution in [2.24, 2.45) is 21.7 Å². The summed E-state index contributed by atoms with van der Waals surface area (Å²) >= 11 is 6.42. The molecule has 0 bridgehead atoms. The van der Waals surface area contributed by atoms with E-state index < -0.39 is 0 Å². The number of hydrogen-bond donors (Lipinski definition) is 2. The summed E-state index contributed by atoms with van der Waals surface area (Å²) in [6.45, 7) is 4.04. The lowest BCUT2D eigenvalue weighted by atomic mass is 9.80. The van der Waals surface area contributed by atoms with Gasteiger partial charge in [0.25, 0.3) is 0 Å². The van der Waals surface area contributed by atoms with E-state index in [1.165, 1.54) is 5.56 Å². The smallest absolute Gasteiger partial charge is 0.211 e. The molecule has 2 aromatic rings. The highest BCUT2D eigenvalue weighted by Crippen LogP contribution is 2.36. The number of nitrogens with zero attached hydrogens (tertiary/aromatic N) is 4. The number of nitrogens with two attached hydrogens (primary N) is 2. The maximum absolute atomic E-state index is 6.42. The second-order valence-electron chi connectivity index (χ2n) is 6.05. The van der Waals surface area contributed by atoms with Crippen molar-refractivity contribution in [3.8, 4) is 0 Å². The van der Waals surface area contributed by atoms with E-state index in [1.54, 1.807) is 6.20 Å². The third-order valence-electron chi connectivity index (χ3n) is 4.16. The van der Waals surface area contributed by atoms with Gasteiger partial charge in [-0.2, -0.15) is 15.3 Å². The van der Waals surface area contributed by atoms with Gasteiger partial charge in [0.05, 0.1) is 17.6 Å². The summed E-state index contributed by atoms with van der Waals surface area (Å²) in [5.41, 5.74) is 16.8. The van der Waals surface area contributed by atoms with Crippen LogP contribution in [0.4, 0.5) is 0 Å². The fourth-order valence-electron chi connectivity index (χ4n) is 3.11. The minimum Gasteiger partial charge on any atom is -0.369 e. The number of aromatic nitrogens is 2. The minimum absolute atomic E-state index is 0.0700. The molecule has 7 heteroatoms.